The van der Waals surface area contributed by atoms with E-state index in [-0.39, 0.29) is 0 Å². The molecule has 24 heavy (non-hydrogen) atoms. The van der Waals surface area contributed by atoms with Crippen molar-refractivity contribution in [2.45, 2.75) is 38.7 Å². The predicted octanol–water partition coefficient (Wildman–Crippen LogP) is 3.74. The summed E-state index contributed by atoms with van der Waals surface area (Å²) in [5, 5.41) is 15.6. The maximum atomic E-state index is 12.4. The first kappa shape index (κ1) is 16.7. The Hall–Kier alpha value is -2.17. The van der Waals surface area contributed by atoms with Crippen LogP contribution in [0.4, 0.5) is 5.00 Å². The van der Waals surface area contributed by atoms with Crippen molar-refractivity contribution < 1.29 is 14.3 Å². The summed E-state index contributed by atoms with van der Waals surface area (Å²) < 4.78 is 5.32. The summed E-state index contributed by atoms with van der Waals surface area (Å²) >= 11 is 2.85. The van der Waals surface area contributed by atoms with Gasteiger partial charge in [0.2, 0.25) is 0 Å². The summed E-state index contributed by atoms with van der Waals surface area (Å²) in [6, 6.07) is 3.64. The number of anilines is 1. The third kappa shape index (κ3) is 3.35. The number of esters is 1. The third-order valence-corrected chi connectivity index (χ3v) is 5.88. The van der Waals surface area contributed by atoms with Gasteiger partial charge in [-0.2, -0.15) is 5.26 Å². The molecule has 0 spiro atoms. The van der Waals surface area contributed by atoms with Gasteiger partial charge in [-0.3, -0.25) is 4.79 Å². The summed E-state index contributed by atoms with van der Waals surface area (Å²) in [5.41, 5.74) is 2.07. The maximum Gasteiger partial charge on any atom is 0.340 e. The first-order chi connectivity index (χ1) is 11.6. The minimum atomic E-state index is -0.926. The third-order valence-electron chi connectivity index (χ3n) is 3.96. The molecule has 2 aromatic heterocycles. The lowest BCUT2D eigenvalue weighted by atomic mass is 9.96. The predicted molar refractivity (Wildman–Crippen MR) is 93.5 cm³/mol. The van der Waals surface area contributed by atoms with Crippen LogP contribution in [-0.2, 0) is 22.4 Å². The molecule has 0 unspecified atom stereocenters. The monoisotopic (exact) mass is 360 g/mol. The van der Waals surface area contributed by atoms with Gasteiger partial charge in [0.15, 0.2) is 6.10 Å². The molecule has 3 rings (SSSR count). The minimum Gasteiger partial charge on any atom is -0.449 e. The molecule has 1 amide bonds. The van der Waals surface area contributed by atoms with E-state index in [0.29, 0.717) is 16.1 Å². The summed E-state index contributed by atoms with van der Waals surface area (Å²) in [6.45, 7) is 1.53. The molecule has 5 nitrogen and oxygen atoms in total. The molecule has 0 bridgehead atoms. The molecule has 2 aromatic rings. The Kier molecular flexibility index (Phi) is 4.97. The van der Waals surface area contributed by atoms with Gasteiger partial charge in [-0.05, 0) is 49.6 Å². The first-order valence-corrected chi connectivity index (χ1v) is 9.44. The van der Waals surface area contributed by atoms with E-state index in [1.807, 2.05) is 11.4 Å². The van der Waals surface area contributed by atoms with E-state index >= 15 is 0 Å². The number of fused-ring (bicyclic) bond motifs is 1. The molecule has 0 fully saturated rings. The van der Waals surface area contributed by atoms with Gasteiger partial charge < -0.3 is 10.1 Å². The number of amides is 1. The largest absolute Gasteiger partial charge is 0.449 e. The number of nitrogens with zero attached hydrogens (tertiary/aromatic N) is 1. The number of carbonyl (C=O) groups is 2. The summed E-state index contributed by atoms with van der Waals surface area (Å²) in [6.07, 6.45) is 3.21. The zero-order valence-electron chi connectivity index (χ0n) is 13.1. The number of carbonyl (C=O) groups excluding carboxylic acids is 2. The zero-order chi connectivity index (χ0) is 17.1. The maximum absolute atomic E-state index is 12.4. The lowest BCUT2D eigenvalue weighted by Gasteiger charge is -2.15. The van der Waals surface area contributed by atoms with Gasteiger partial charge in [0.25, 0.3) is 5.91 Å². The Labute approximate surface area is 147 Å². The van der Waals surface area contributed by atoms with Gasteiger partial charge in [-0.15, -0.1) is 22.7 Å². The minimum absolute atomic E-state index is 0.402. The van der Waals surface area contributed by atoms with Crippen LogP contribution in [-0.4, -0.2) is 18.0 Å². The Bertz CT molecular complexity index is 816. The van der Waals surface area contributed by atoms with Crippen molar-refractivity contribution in [1.29, 1.82) is 5.26 Å². The van der Waals surface area contributed by atoms with Crippen LogP contribution in [0.15, 0.2) is 16.8 Å². The number of aryl methyl sites for hydroxylation is 1. The highest BCUT2D eigenvalue weighted by Gasteiger charge is 2.25. The topological polar surface area (TPSA) is 79.2 Å². The smallest absolute Gasteiger partial charge is 0.340 e. The van der Waals surface area contributed by atoms with Crippen LogP contribution in [0.1, 0.15) is 46.1 Å². The molecule has 1 atom stereocenters. The molecular weight excluding hydrogens is 344 g/mol. The average molecular weight is 360 g/mol. The van der Waals surface area contributed by atoms with E-state index in [9.17, 15) is 9.59 Å². The van der Waals surface area contributed by atoms with E-state index < -0.39 is 18.0 Å². The Morgan fingerprint density at radius 3 is 2.92 bits per heavy atom. The molecule has 7 heteroatoms. The van der Waals surface area contributed by atoms with Crippen molar-refractivity contribution in [3.63, 3.8) is 0 Å². The lowest BCUT2D eigenvalue weighted by molar-refractivity contribution is -0.123. The molecule has 1 aliphatic carbocycles. The van der Waals surface area contributed by atoms with Gasteiger partial charge in [0.1, 0.15) is 11.1 Å². The Morgan fingerprint density at radius 2 is 2.12 bits per heavy atom. The molecule has 0 aliphatic heterocycles. The lowest BCUT2D eigenvalue weighted by Crippen LogP contribution is -2.30. The number of hydrogen-bond acceptors (Lipinski definition) is 6. The van der Waals surface area contributed by atoms with Gasteiger partial charge in [0.05, 0.1) is 11.1 Å². The van der Waals surface area contributed by atoms with Crippen molar-refractivity contribution in [3.8, 4) is 6.07 Å². The fourth-order valence-corrected chi connectivity index (χ4v) is 4.51. The average Bonchev–Trinajstić information content (AvgIpc) is 3.20. The van der Waals surface area contributed by atoms with Crippen LogP contribution in [0.5, 0.6) is 0 Å². The van der Waals surface area contributed by atoms with Gasteiger partial charge in [-0.25, -0.2) is 4.79 Å². The number of rotatable bonds is 4. The number of hydrogen-bond donors (Lipinski definition) is 1. The molecule has 124 valence electrons. The fraction of sp³-hybridized carbons (Fsp3) is 0.353. The Balaban J connectivity index is 1.65. The molecule has 0 saturated carbocycles. The van der Waals surface area contributed by atoms with Crippen LogP contribution in [0, 0.1) is 11.3 Å². The zero-order valence-corrected chi connectivity index (χ0v) is 14.8. The number of nitrogens with one attached hydrogen (secondary N) is 1. The summed E-state index contributed by atoms with van der Waals surface area (Å²) in [5.74, 6) is -0.893. The molecule has 0 aromatic carbocycles. The highest BCUT2D eigenvalue weighted by atomic mass is 32.1. The highest BCUT2D eigenvalue weighted by molar-refractivity contribution is 7.14. The molecule has 1 aliphatic rings. The van der Waals surface area contributed by atoms with Crippen molar-refractivity contribution in [2.24, 2.45) is 0 Å². The van der Waals surface area contributed by atoms with Crippen LogP contribution in [0.3, 0.4) is 0 Å². The first-order valence-electron chi connectivity index (χ1n) is 7.69. The second-order valence-electron chi connectivity index (χ2n) is 5.57. The quantitative estimate of drug-likeness (QED) is 0.842. The molecule has 0 saturated heterocycles. The number of ether oxygens (including phenoxy) is 1. The van der Waals surface area contributed by atoms with Crippen molar-refractivity contribution in [1.82, 2.24) is 0 Å². The van der Waals surface area contributed by atoms with E-state index in [1.54, 1.807) is 22.8 Å². The SMILES string of the molecule is C[C@H](OC(=O)c1csc2c1CCCC2)C(=O)Nc1sccc1C#N. The normalized spacial score (nSPS) is 14.3. The molecule has 2 heterocycles. The fourth-order valence-electron chi connectivity index (χ4n) is 2.65. The van der Waals surface area contributed by atoms with Crippen LogP contribution < -0.4 is 5.32 Å². The van der Waals surface area contributed by atoms with Crippen molar-refractivity contribution in [2.75, 3.05) is 5.32 Å². The van der Waals surface area contributed by atoms with E-state index in [1.165, 1.54) is 23.1 Å². The molecule has 0 radical (unpaired) electrons. The highest BCUT2D eigenvalue weighted by Crippen LogP contribution is 2.31. The molecular formula is C17H16N2O3S2. The van der Waals surface area contributed by atoms with Crippen LogP contribution in [0.25, 0.3) is 0 Å². The van der Waals surface area contributed by atoms with Crippen LogP contribution >= 0.6 is 22.7 Å². The molecule has 1 N–H and O–H groups in total. The second kappa shape index (κ2) is 7.16. The van der Waals surface area contributed by atoms with Gasteiger partial charge in [-0.1, -0.05) is 0 Å². The number of thiophene rings is 2. The van der Waals surface area contributed by atoms with E-state index in [4.69, 9.17) is 10.00 Å². The summed E-state index contributed by atoms with van der Waals surface area (Å²) in [7, 11) is 0. The van der Waals surface area contributed by atoms with Crippen molar-refractivity contribution in [3.05, 3.63) is 38.4 Å². The Morgan fingerprint density at radius 1 is 1.33 bits per heavy atom. The van der Waals surface area contributed by atoms with Gasteiger partial charge >= 0.3 is 5.97 Å². The second-order valence-corrected chi connectivity index (χ2v) is 7.45. The summed E-state index contributed by atoms with van der Waals surface area (Å²) in [4.78, 5) is 25.8. The standard InChI is InChI=1S/C17H16N2O3S2/c1-10(15(20)19-16-11(8-18)6-7-23-16)22-17(21)13-9-24-14-5-3-2-4-12(13)14/h6-7,9-10H,2-5H2,1H3,(H,19,20)/t10-/m0/s1. The number of nitriles is 1. The van der Waals surface area contributed by atoms with Crippen LogP contribution in [0.2, 0.25) is 0 Å². The van der Waals surface area contributed by atoms with E-state index in [0.717, 1.165) is 31.2 Å². The van der Waals surface area contributed by atoms with E-state index in [2.05, 4.69) is 5.32 Å². The van der Waals surface area contributed by atoms with Gasteiger partial charge in [0, 0.05) is 10.3 Å². The van der Waals surface area contributed by atoms with Crippen molar-refractivity contribution >= 4 is 39.6 Å².